The molecule has 0 unspecified atom stereocenters. The van der Waals surface area contributed by atoms with Gasteiger partial charge in [0.25, 0.3) is 0 Å². The average Bonchev–Trinajstić information content (AvgIpc) is 2.32. The van der Waals surface area contributed by atoms with E-state index in [9.17, 15) is 0 Å². The third kappa shape index (κ3) is 3.89. The van der Waals surface area contributed by atoms with Crippen LogP contribution in [0.1, 0.15) is 19.3 Å². The highest BCUT2D eigenvalue weighted by atomic mass is 15.1. The van der Waals surface area contributed by atoms with Crippen LogP contribution in [0.5, 0.6) is 0 Å². The van der Waals surface area contributed by atoms with Gasteiger partial charge in [-0.25, -0.2) is 0 Å². The molecule has 2 heterocycles. The van der Waals surface area contributed by atoms with Gasteiger partial charge in [-0.15, -0.1) is 0 Å². The maximum atomic E-state index is 5.68. The number of nitrogens with two attached hydrogens (primary N) is 1. The van der Waals surface area contributed by atoms with Crippen molar-refractivity contribution in [1.82, 2.24) is 9.88 Å². The van der Waals surface area contributed by atoms with Crippen LogP contribution < -0.4 is 11.1 Å². The minimum Gasteiger partial charge on any atom is -0.397 e. The third-order valence-corrected chi connectivity index (χ3v) is 3.48. The highest BCUT2D eigenvalue weighted by Crippen LogP contribution is 2.19. The molecule has 0 bridgehead atoms. The van der Waals surface area contributed by atoms with Gasteiger partial charge in [-0.3, -0.25) is 4.98 Å². The molecular weight excluding hydrogens is 212 g/mol. The standard InChI is InChI=1S/C13H22N4/c1-17-6-3-11(4-7-17)2-5-16-13-8-12(14)9-15-10-13/h8-11,16H,2-7,14H2,1H3. The molecule has 0 amide bonds. The van der Waals surface area contributed by atoms with Gasteiger partial charge in [0.15, 0.2) is 0 Å². The molecule has 2 rings (SSSR count). The summed E-state index contributed by atoms with van der Waals surface area (Å²) in [6, 6.07) is 1.93. The lowest BCUT2D eigenvalue weighted by Gasteiger charge is -2.28. The summed E-state index contributed by atoms with van der Waals surface area (Å²) in [7, 11) is 2.20. The number of nitrogen functional groups attached to an aromatic ring is 1. The van der Waals surface area contributed by atoms with Crippen molar-refractivity contribution in [2.45, 2.75) is 19.3 Å². The second-order valence-electron chi connectivity index (χ2n) is 4.97. The average molecular weight is 234 g/mol. The SMILES string of the molecule is CN1CCC(CCNc2cncc(N)c2)CC1. The molecule has 17 heavy (non-hydrogen) atoms. The first-order valence-electron chi connectivity index (χ1n) is 6.37. The molecule has 4 nitrogen and oxygen atoms in total. The van der Waals surface area contributed by atoms with Gasteiger partial charge in [0.1, 0.15) is 0 Å². The number of anilines is 2. The number of piperidine rings is 1. The smallest absolute Gasteiger partial charge is 0.0547 e. The van der Waals surface area contributed by atoms with E-state index in [1.54, 1.807) is 6.20 Å². The second kappa shape index (κ2) is 5.87. The lowest BCUT2D eigenvalue weighted by atomic mass is 9.94. The number of likely N-dealkylation sites (tertiary alicyclic amines) is 1. The summed E-state index contributed by atoms with van der Waals surface area (Å²) < 4.78 is 0. The zero-order valence-electron chi connectivity index (χ0n) is 10.5. The van der Waals surface area contributed by atoms with Gasteiger partial charge in [-0.2, -0.15) is 0 Å². The van der Waals surface area contributed by atoms with Crippen LogP contribution in [0.15, 0.2) is 18.5 Å². The zero-order valence-corrected chi connectivity index (χ0v) is 10.5. The zero-order chi connectivity index (χ0) is 12.1. The van der Waals surface area contributed by atoms with E-state index < -0.39 is 0 Å². The lowest BCUT2D eigenvalue weighted by molar-refractivity contribution is 0.215. The summed E-state index contributed by atoms with van der Waals surface area (Å²) in [6.45, 7) is 3.49. The monoisotopic (exact) mass is 234 g/mol. The fraction of sp³-hybridized carbons (Fsp3) is 0.615. The van der Waals surface area contributed by atoms with Crippen molar-refractivity contribution in [3.8, 4) is 0 Å². The number of aromatic nitrogens is 1. The number of hydrogen-bond donors (Lipinski definition) is 2. The first-order chi connectivity index (χ1) is 8.24. The quantitative estimate of drug-likeness (QED) is 0.834. The molecule has 4 heteroatoms. The first-order valence-corrected chi connectivity index (χ1v) is 6.37. The molecule has 0 aliphatic carbocycles. The Hall–Kier alpha value is -1.29. The van der Waals surface area contributed by atoms with Crippen LogP contribution in [0.3, 0.4) is 0 Å². The Kier molecular flexibility index (Phi) is 4.20. The molecule has 0 radical (unpaired) electrons. The molecule has 0 aromatic carbocycles. The van der Waals surface area contributed by atoms with Crippen LogP contribution in [-0.4, -0.2) is 36.6 Å². The van der Waals surface area contributed by atoms with Crippen LogP contribution in [0, 0.1) is 5.92 Å². The Bertz CT molecular complexity index is 345. The summed E-state index contributed by atoms with van der Waals surface area (Å²) in [5, 5.41) is 3.39. The minimum absolute atomic E-state index is 0.717. The van der Waals surface area contributed by atoms with Crippen molar-refractivity contribution in [2.24, 2.45) is 5.92 Å². The maximum absolute atomic E-state index is 5.68. The van der Waals surface area contributed by atoms with Crippen molar-refractivity contribution in [3.05, 3.63) is 18.5 Å². The van der Waals surface area contributed by atoms with Crippen LogP contribution in [0.25, 0.3) is 0 Å². The van der Waals surface area contributed by atoms with E-state index in [1.165, 1.54) is 32.4 Å². The molecule has 1 aliphatic heterocycles. The molecule has 0 spiro atoms. The Labute approximate surface area is 103 Å². The van der Waals surface area contributed by atoms with Crippen molar-refractivity contribution in [2.75, 3.05) is 37.7 Å². The lowest BCUT2D eigenvalue weighted by Crippen LogP contribution is -2.30. The molecular formula is C13H22N4. The van der Waals surface area contributed by atoms with E-state index in [-0.39, 0.29) is 0 Å². The normalized spacial score (nSPS) is 18.2. The van der Waals surface area contributed by atoms with Gasteiger partial charge in [-0.05, 0) is 51.4 Å². The largest absolute Gasteiger partial charge is 0.397 e. The summed E-state index contributed by atoms with van der Waals surface area (Å²) in [5.41, 5.74) is 7.42. The highest BCUT2D eigenvalue weighted by Gasteiger charge is 2.15. The molecule has 1 saturated heterocycles. The summed E-state index contributed by atoms with van der Waals surface area (Å²) in [5.74, 6) is 0.868. The van der Waals surface area contributed by atoms with Crippen molar-refractivity contribution < 1.29 is 0 Å². The number of hydrogen-bond acceptors (Lipinski definition) is 4. The third-order valence-electron chi connectivity index (χ3n) is 3.48. The van der Waals surface area contributed by atoms with Crippen LogP contribution in [0.4, 0.5) is 11.4 Å². The summed E-state index contributed by atoms with van der Waals surface area (Å²) in [6.07, 6.45) is 7.39. The Morgan fingerprint density at radius 1 is 1.41 bits per heavy atom. The Morgan fingerprint density at radius 3 is 2.88 bits per heavy atom. The molecule has 1 aromatic heterocycles. The highest BCUT2D eigenvalue weighted by molar-refractivity contribution is 5.51. The molecule has 3 N–H and O–H groups in total. The van der Waals surface area contributed by atoms with E-state index >= 15 is 0 Å². The van der Waals surface area contributed by atoms with Crippen molar-refractivity contribution in [3.63, 3.8) is 0 Å². The fourth-order valence-electron chi connectivity index (χ4n) is 2.33. The van der Waals surface area contributed by atoms with Gasteiger partial charge >= 0.3 is 0 Å². The summed E-state index contributed by atoms with van der Waals surface area (Å²) in [4.78, 5) is 6.47. The number of pyridine rings is 1. The number of nitrogens with zero attached hydrogens (tertiary/aromatic N) is 2. The van der Waals surface area contributed by atoms with E-state index in [0.29, 0.717) is 5.69 Å². The first kappa shape index (κ1) is 12.2. The van der Waals surface area contributed by atoms with Crippen LogP contribution in [-0.2, 0) is 0 Å². The Morgan fingerprint density at radius 2 is 2.18 bits per heavy atom. The second-order valence-corrected chi connectivity index (χ2v) is 4.97. The van der Waals surface area contributed by atoms with Gasteiger partial charge in [-0.1, -0.05) is 0 Å². The minimum atomic E-state index is 0.717. The van der Waals surface area contributed by atoms with Gasteiger partial charge < -0.3 is 16.0 Å². The maximum Gasteiger partial charge on any atom is 0.0547 e. The fourth-order valence-corrected chi connectivity index (χ4v) is 2.33. The van der Waals surface area contributed by atoms with E-state index in [0.717, 1.165) is 18.2 Å². The number of nitrogens with one attached hydrogen (secondary N) is 1. The molecule has 0 atom stereocenters. The van der Waals surface area contributed by atoms with Gasteiger partial charge in [0.05, 0.1) is 17.6 Å². The van der Waals surface area contributed by atoms with Gasteiger partial charge in [0.2, 0.25) is 0 Å². The van der Waals surface area contributed by atoms with Crippen LogP contribution in [0.2, 0.25) is 0 Å². The molecule has 94 valence electrons. The van der Waals surface area contributed by atoms with Crippen LogP contribution >= 0.6 is 0 Å². The molecule has 1 aliphatic rings. The molecule has 0 saturated carbocycles. The predicted octanol–water partition coefficient (Wildman–Crippen LogP) is 1.81. The van der Waals surface area contributed by atoms with Crippen molar-refractivity contribution >= 4 is 11.4 Å². The Balaban J connectivity index is 1.69. The molecule has 1 fully saturated rings. The molecule has 1 aromatic rings. The summed E-state index contributed by atoms with van der Waals surface area (Å²) >= 11 is 0. The van der Waals surface area contributed by atoms with E-state index in [4.69, 9.17) is 5.73 Å². The predicted molar refractivity (Wildman–Crippen MR) is 72.0 cm³/mol. The number of rotatable bonds is 4. The van der Waals surface area contributed by atoms with Gasteiger partial charge in [0, 0.05) is 12.7 Å². The van der Waals surface area contributed by atoms with Crippen molar-refractivity contribution in [1.29, 1.82) is 0 Å². The van der Waals surface area contributed by atoms with E-state index in [1.807, 2.05) is 12.3 Å². The van der Waals surface area contributed by atoms with E-state index in [2.05, 4.69) is 22.2 Å². The topological polar surface area (TPSA) is 54.2 Å².